The first-order chi connectivity index (χ1) is 9.81. The Balaban J connectivity index is 2.34. The van der Waals surface area contributed by atoms with Crippen LogP contribution in [-0.2, 0) is 13.0 Å². The van der Waals surface area contributed by atoms with Crippen LogP contribution < -0.4 is 5.32 Å². The molecule has 2 heterocycles. The average molecular weight is 276 g/mol. The van der Waals surface area contributed by atoms with Crippen molar-refractivity contribution in [2.75, 3.05) is 6.54 Å². The minimum absolute atomic E-state index is 0.102. The Morgan fingerprint density at radius 1 is 1.30 bits per heavy atom. The van der Waals surface area contributed by atoms with Crippen LogP contribution in [0.15, 0.2) is 22.9 Å². The zero-order chi connectivity index (χ0) is 14.4. The van der Waals surface area contributed by atoms with Crippen LogP contribution in [0, 0.1) is 0 Å². The van der Waals surface area contributed by atoms with Crippen LogP contribution in [0.2, 0.25) is 0 Å². The molecule has 0 fully saturated rings. The van der Waals surface area contributed by atoms with Crippen molar-refractivity contribution in [1.29, 1.82) is 0 Å². The number of nitrogens with one attached hydrogen (secondary N) is 1. The minimum atomic E-state index is 0.102. The van der Waals surface area contributed by atoms with Crippen molar-refractivity contribution in [3.8, 4) is 0 Å². The molecule has 2 rings (SSSR count). The molecule has 5 heteroatoms. The van der Waals surface area contributed by atoms with Crippen LogP contribution >= 0.6 is 0 Å². The molecule has 2 aromatic rings. The highest BCUT2D eigenvalue weighted by Gasteiger charge is 2.22. The van der Waals surface area contributed by atoms with Gasteiger partial charge < -0.3 is 9.73 Å². The predicted octanol–water partition coefficient (Wildman–Crippen LogP) is 2.93. The van der Waals surface area contributed by atoms with Crippen LogP contribution in [-0.4, -0.2) is 21.5 Å². The van der Waals surface area contributed by atoms with E-state index >= 15 is 0 Å². The molecule has 0 aromatic carbocycles. The van der Waals surface area contributed by atoms with Crippen molar-refractivity contribution >= 4 is 0 Å². The SMILES string of the molecule is CCCNC(c1ccoc1CC)c1cnnn1CCC. The maximum Gasteiger partial charge on any atom is 0.108 e. The lowest BCUT2D eigenvalue weighted by Crippen LogP contribution is -2.26. The summed E-state index contributed by atoms with van der Waals surface area (Å²) in [5.41, 5.74) is 2.30. The summed E-state index contributed by atoms with van der Waals surface area (Å²) in [6, 6.07) is 2.15. The zero-order valence-electron chi connectivity index (χ0n) is 12.6. The molecule has 0 spiro atoms. The van der Waals surface area contributed by atoms with E-state index in [1.807, 2.05) is 10.9 Å². The Kier molecular flexibility index (Phi) is 5.35. The second-order valence-electron chi connectivity index (χ2n) is 4.92. The molecular formula is C15H24N4O. The minimum Gasteiger partial charge on any atom is -0.469 e. The van der Waals surface area contributed by atoms with E-state index in [-0.39, 0.29) is 6.04 Å². The maximum absolute atomic E-state index is 5.58. The van der Waals surface area contributed by atoms with E-state index in [2.05, 4.69) is 42.5 Å². The molecule has 0 aliphatic carbocycles. The van der Waals surface area contributed by atoms with Crippen LogP contribution in [0.1, 0.15) is 56.7 Å². The first-order valence-electron chi connectivity index (χ1n) is 7.49. The zero-order valence-corrected chi connectivity index (χ0v) is 12.6. The van der Waals surface area contributed by atoms with Gasteiger partial charge in [0.1, 0.15) is 5.76 Å². The van der Waals surface area contributed by atoms with E-state index in [0.29, 0.717) is 0 Å². The molecule has 0 aliphatic heterocycles. The molecule has 20 heavy (non-hydrogen) atoms. The Morgan fingerprint density at radius 3 is 2.85 bits per heavy atom. The number of nitrogens with zero attached hydrogens (tertiary/aromatic N) is 3. The summed E-state index contributed by atoms with van der Waals surface area (Å²) in [5.74, 6) is 1.03. The molecule has 1 N–H and O–H groups in total. The fourth-order valence-electron chi connectivity index (χ4n) is 2.43. The van der Waals surface area contributed by atoms with Gasteiger partial charge in [0.15, 0.2) is 0 Å². The lowest BCUT2D eigenvalue weighted by molar-refractivity contribution is 0.480. The summed E-state index contributed by atoms with van der Waals surface area (Å²) in [4.78, 5) is 0. The van der Waals surface area contributed by atoms with Crippen molar-refractivity contribution < 1.29 is 4.42 Å². The quantitative estimate of drug-likeness (QED) is 0.805. The Hall–Kier alpha value is -1.62. The second kappa shape index (κ2) is 7.24. The van der Waals surface area contributed by atoms with E-state index in [9.17, 15) is 0 Å². The van der Waals surface area contributed by atoms with Gasteiger partial charge in [0, 0.05) is 18.5 Å². The molecule has 0 radical (unpaired) electrons. The monoisotopic (exact) mass is 276 g/mol. The van der Waals surface area contributed by atoms with Gasteiger partial charge in [-0.15, -0.1) is 5.10 Å². The molecule has 0 amide bonds. The highest BCUT2D eigenvalue weighted by atomic mass is 16.3. The van der Waals surface area contributed by atoms with Crippen LogP contribution in [0.4, 0.5) is 0 Å². The van der Waals surface area contributed by atoms with E-state index in [4.69, 9.17) is 4.42 Å². The van der Waals surface area contributed by atoms with Gasteiger partial charge in [0.05, 0.1) is 24.2 Å². The predicted molar refractivity (Wildman–Crippen MR) is 78.5 cm³/mol. The smallest absolute Gasteiger partial charge is 0.108 e. The summed E-state index contributed by atoms with van der Waals surface area (Å²) in [5, 5.41) is 11.9. The number of rotatable bonds is 8. The number of hydrogen-bond donors (Lipinski definition) is 1. The molecule has 0 saturated heterocycles. The third-order valence-corrected chi connectivity index (χ3v) is 3.39. The van der Waals surface area contributed by atoms with Crippen molar-refractivity contribution in [3.05, 3.63) is 35.5 Å². The van der Waals surface area contributed by atoms with E-state index in [0.717, 1.165) is 43.8 Å². The fraction of sp³-hybridized carbons (Fsp3) is 0.600. The summed E-state index contributed by atoms with van der Waals surface area (Å²) in [6.07, 6.45) is 6.65. The molecule has 1 unspecified atom stereocenters. The third-order valence-electron chi connectivity index (χ3n) is 3.39. The maximum atomic E-state index is 5.58. The third kappa shape index (κ3) is 3.10. The number of aryl methyl sites for hydroxylation is 2. The van der Waals surface area contributed by atoms with E-state index < -0.39 is 0 Å². The summed E-state index contributed by atoms with van der Waals surface area (Å²) in [7, 11) is 0. The summed E-state index contributed by atoms with van der Waals surface area (Å²) in [6.45, 7) is 8.27. The standard InChI is InChI=1S/C15H24N4O/c1-4-8-16-15(12-7-10-20-14(12)6-3)13-11-17-18-19(13)9-5-2/h7,10-11,15-16H,4-6,8-9H2,1-3H3. The van der Waals surface area contributed by atoms with Gasteiger partial charge in [-0.1, -0.05) is 26.0 Å². The molecule has 5 nitrogen and oxygen atoms in total. The van der Waals surface area contributed by atoms with Gasteiger partial charge >= 0.3 is 0 Å². The lowest BCUT2D eigenvalue weighted by Gasteiger charge is -2.19. The van der Waals surface area contributed by atoms with Gasteiger partial charge in [-0.2, -0.15) is 0 Å². The molecule has 1 atom stereocenters. The van der Waals surface area contributed by atoms with Crippen LogP contribution in [0.3, 0.4) is 0 Å². The van der Waals surface area contributed by atoms with Crippen LogP contribution in [0.25, 0.3) is 0 Å². The van der Waals surface area contributed by atoms with Crippen molar-refractivity contribution in [2.24, 2.45) is 0 Å². The lowest BCUT2D eigenvalue weighted by atomic mass is 10.0. The topological polar surface area (TPSA) is 55.9 Å². The van der Waals surface area contributed by atoms with E-state index in [1.165, 1.54) is 5.56 Å². The average Bonchev–Trinajstić information content (AvgIpc) is 3.09. The van der Waals surface area contributed by atoms with Crippen LogP contribution in [0.5, 0.6) is 0 Å². The molecule has 0 aliphatic rings. The normalized spacial score (nSPS) is 12.8. The number of hydrogen-bond acceptors (Lipinski definition) is 4. The molecule has 2 aromatic heterocycles. The fourth-order valence-corrected chi connectivity index (χ4v) is 2.43. The second-order valence-corrected chi connectivity index (χ2v) is 4.92. The highest BCUT2D eigenvalue weighted by Crippen LogP contribution is 2.26. The van der Waals surface area contributed by atoms with Gasteiger partial charge in [0.25, 0.3) is 0 Å². The van der Waals surface area contributed by atoms with Gasteiger partial charge in [-0.25, -0.2) is 4.68 Å². The van der Waals surface area contributed by atoms with Gasteiger partial charge in [0.2, 0.25) is 0 Å². The Morgan fingerprint density at radius 2 is 2.15 bits per heavy atom. The molecule has 110 valence electrons. The molecule has 0 bridgehead atoms. The van der Waals surface area contributed by atoms with Crippen molar-refractivity contribution in [2.45, 2.75) is 52.6 Å². The first kappa shape index (κ1) is 14.8. The van der Waals surface area contributed by atoms with Gasteiger partial charge in [-0.05, 0) is 25.5 Å². The molecule has 0 saturated carbocycles. The first-order valence-corrected chi connectivity index (χ1v) is 7.49. The van der Waals surface area contributed by atoms with Crippen molar-refractivity contribution in [1.82, 2.24) is 20.3 Å². The largest absolute Gasteiger partial charge is 0.469 e. The number of furan rings is 1. The highest BCUT2D eigenvalue weighted by molar-refractivity contribution is 5.29. The number of aromatic nitrogens is 3. The summed E-state index contributed by atoms with van der Waals surface area (Å²) < 4.78 is 7.57. The Labute approximate surface area is 120 Å². The Bertz CT molecular complexity index is 517. The molecular weight excluding hydrogens is 252 g/mol. The van der Waals surface area contributed by atoms with Gasteiger partial charge in [-0.3, -0.25) is 0 Å². The van der Waals surface area contributed by atoms with E-state index in [1.54, 1.807) is 6.26 Å². The summed E-state index contributed by atoms with van der Waals surface area (Å²) >= 11 is 0. The van der Waals surface area contributed by atoms with Crippen molar-refractivity contribution in [3.63, 3.8) is 0 Å².